The lowest BCUT2D eigenvalue weighted by Gasteiger charge is -2.12. The summed E-state index contributed by atoms with van der Waals surface area (Å²) in [6.07, 6.45) is 1.22. The van der Waals surface area contributed by atoms with Crippen molar-refractivity contribution in [3.05, 3.63) is 92.1 Å². The smallest absolute Gasteiger partial charge is 0.276 e. The first-order valence-corrected chi connectivity index (χ1v) is 9.61. The summed E-state index contributed by atoms with van der Waals surface area (Å²) >= 11 is 7.54. The van der Waals surface area contributed by atoms with E-state index in [4.69, 9.17) is 11.6 Å². The predicted octanol–water partition coefficient (Wildman–Crippen LogP) is 5.17. The van der Waals surface area contributed by atoms with Gasteiger partial charge in [0.05, 0.1) is 27.9 Å². The van der Waals surface area contributed by atoms with Crippen LogP contribution in [0.5, 0.6) is 0 Å². The number of nitrogens with zero attached hydrogens (tertiary/aromatic N) is 3. The molecular formula is C21H11ClFN3O2S. The van der Waals surface area contributed by atoms with Crippen molar-refractivity contribution in [1.82, 2.24) is 9.55 Å². The maximum atomic E-state index is 13.7. The van der Waals surface area contributed by atoms with Crippen molar-refractivity contribution >= 4 is 45.0 Å². The first kappa shape index (κ1) is 18.9. The summed E-state index contributed by atoms with van der Waals surface area (Å²) in [6.45, 7) is 0. The zero-order chi connectivity index (χ0) is 20.5. The van der Waals surface area contributed by atoms with Crippen LogP contribution in [0.1, 0.15) is 17.0 Å². The van der Waals surface area contributed by atoms with Crippen molar-refractivity contribution in [2.24, 2.45) is 0 Å². The van der Waals surface area contributed by atoms with E-state index in [9.17, 15) is 19.6 Å². The number of thiophene rings is 1. The number of aliphatic hydroxyl groups is 1. The monoisotopic (exact) mass is 423 g/mol. The largest absolute Gasteiger partial charge is 0.507 e. The van der Waals surface area contributed by atoms with Gasteiger partial charge in [0.1, 0.15) is 22.1 Å². The summed E-state index contributed by atoms with van der Waals surface area (Å²) in [7, 11) is 0. The maximum Gasteiger partial charge on any atom is 0.276 e. The van der Waals surface area contributed by atoms with Crippen LogP contribution in [0.2, 0.25) is 5.02 Å². The third-order valence-electron chi connectivity index (χ3n) is 4.24. The highest BCUT2D eigenvalue weighted by atomic mass is 35.5. The topological polar surface area (TPSA) is 78.9 Å². The van der Waals surface area contributed by atoms with E-state index >= 15 is 0 Å². The Balaban J connectivity index is 2.02. The molecule has 0 aliphatic rings. The Morgan fingerprint density at radius 3 is 2.83 bits per heavy atom. The van der Waals surface area contributed by atoms with Crippen LogP contribution in [-0.4, -0.2) is 14.7 Å². The molecule has 0 aliphatic heterocycles. The zero-order valence-corrected chi connectivity index (χ0v) is 16.2. The molecule has 4 rings (SSSR count). The molecule has 5 nitrogen and oxygen atoms in total. The highest BCUT2D eigenvalue weighted by Crippen LogP contribution is 2.25. The van der Waals surface area contributed by atoms with E-state index in [-0.39, 0.29) is 22.5 Å². The molecule has 1 N–H and O–H groups in total. The fourth-order valence-electron chi connectivity index (χ4n) is 2.92. The van der Waals surface area contributed by atoms with Crippen molar-refractivity contribution in [2.45, 2.75) is 0 Å². The first-order valence-electron chi connectivity index (χ1n) is 8.35. The van der Waals surface area contributed by atoms with Crippen LogP contribution in [-0.2, 0) is 0 Å². The van der Waals surface area contributed by atoms with Crippen molar-refractivity contribution < 1.29 is 9.50 Å². The first-order chi connectivity index (χ1) is 14.0. The van der Waals surface area contributed by atoms with Crippen LogP contribution in [0.3, 0.4) is 0 Å². The van der Waals surface area contributed by atoms with E-state index in [2.05, 4.69) is 4.98 Å². The van der Waals surface area contributed by atoms with E-state index in [0.29, 0.717) is 20.9 Å². The van der Waals surface area contributed by atoms with Crippen LogP contribution >= 0.6 is 22.9 Å². The number of aromatic nitrogens is 2. The second-order valence-electron chi connectivity index (χ2n) is 6.03. The molecule has 142 valence electrons. The molecule has 8 heteroatoms. The zero-order valence-electron chi connectivity index (χ0n) is 14.6. The van der Waals surface area contributed by atoms with Crippen molar-refractivity contribution in [1.29, 1.82) is 5.26 Å². The van der Waals surface area contributed by atoms with Gasteiger partial charge in [0.15, 0.2) is 0 Å². The fourth-order valence-corrected chi connectivity index (χ4v) is 3.90. The van der Waals surface area contributed by atoms with Gasteiger partial charge in [-0.05, 0) is 41.8 Å². The number of hydrogen-bond donors (Lipinski definition) is 1. The van der Waals surface area contributed by atoms with E-state index in [0.717, 1.165) is 12.1 Å². The second-order valence-corrected chi connectivity index (χ2v) is 7.35. The standard InChI is InChI=1S/C21H11ClFN3O2S/c22-15-3-1-2-4-17(15)26-19(25-16-7-8-29-20(16)21(26)28)10-18(27)14-9-13(23)6-5-12(14)11-24/h1-10,27H/b18-10-. The minimum atomic E-state index is -0.608. The number of hydrogen-bond acceptors (Lipinski definition) is 5. The van der Waals surface area contributed by atoms with E-state index in [1.54, 1.807) is 35.7 Å². The lowest BCUT2D eigenvalue weighted by atomic mass is 10.1. The van der Waals surface area contributed by atoms with Gasteiger partial charge < -0.3 is 5.11 Å². The summed E-state index contributed by atoms with van der Waals surface area (Å²) in [6, 6.07) is 13.8. The molecule has 0 saturated heterocycles. The molecule has 0 fully saturated rings. The number of aliphatic hydroxyl groups excluding tert-OH is 1. The Hall–Kier alpha value is -3.47. The van der Waals surface area contributed by atoms with Crippen LogP contribution in [0, 0.1) is 17.1 Å². The Kier molecular flexibility index (Phi) is 4.89. The average Bonchev–Trinajstić information content (AvgIpc) is 3.18. The SMILES string of the molecule is N#Cc1ccc(F)cc1/C(O)=C/c1nc2ccsc2c(=O)n1-c1ccccc1Cl. The van der Waals surface area contributed by atoms with Gasteiger partial charge in [0.25, 0.3) is 5.56 Å². The predicted molar refractivity (Wildman–Crippen MR) is 112 cm³/mol. The van der Waals surface area contributed by atoms with Gasteiger partial charge in [0.2, 0.25) is 0 Å². The number of benzene rings is 2. The number of nitriles is 1. The summed E-state index contributed by atoms with van der Waals surface area (Å²) in [5, 5.41) is 21.9. The number of rotatable bonds is 3. The Morgan fingerprint density at radius 1 is 1.28 bits per heavy atom. The molecule has 0 atom stereocenters. The fraction of sp³-hybridized carbons (Fsp3) is 0. The lowest BCUT2D eigenvalue weighted by Crippen LogP contribution is -2.21. The van der Waals surface area contributed by atoms with Gasteiger partial charge in [-0.25, -0.2) is 9.37 Å². The second kappa shape index (κ2) is 7.51. The van der Waals surface area contributed by atoms with Gasteiger partial charge in [-0.1, -0.05) is 23.7 Å². The molecule has 2 aromatic heterocycles. The van der Waals surface area contributed by atoms with E-state index in [1.807, 2.05) is 6.07 Å². The summed E-state index contributed by atoms with van der Waals surface area (Å²) in [4.78, 5) is 17.6. The molecule has 0 unspecified atom stereocenters. The van der Waals surface area contributed by atoms with Crippen molar-refractivity contribution in [2.75, 3.05) is 0 Å². The normalized spacial score (nSPS) is 11.6. The molecular weight excluding hydrogens is 413 g/mol. The molecule has 4 aromatic rings. The van der Waals surface area contributed by atoms with E-state index in [1.165, 1.54) is 28.0 Å². The highest BCUT2D eigenvalue weighted by molar-refractivity contribution is 7.17. The number of para-hydroxylation sites is 1. The van der Waals surface area contributed by atoms with Gasteiger partial charge in [-0.15, -0.1) is 11.3 Å². The third kappa shape index (κ3) is 3.40. The molecule has 0 aliphatic carbocycles. The number of halogens is 2. The lowest BCUT2D eigenvalue weighted by molar-refractivity contribution is 0.513. The third-order valence-corrected chi connectivity index (χ3v) is 5.45. The molecule has 0 radical (unpaired) electrons. The van der Waals surface area contributed by atoms with Crippen LogP contribution < -0.4 is 5.56 Å². The van der Waals surface area contributed by atoms with Crippen LogP contribution in [0.4, 0.5) is 4.39 Å². The Labute approximate surface area is 173 Å². The highest BCUT2D eigenvalue weighted by Gasteiger charge is 2.16. The molecule has 0 spiro atoms. The molecule has 0 bridgehead atoms. The summed E-state index contributed by atoms with van der Waals surface area (Å²) < 4.78 is 15.4. The molecule has 2 heterocycles. The Morgan fingerprint density at radius 2 is 2.07 bits per heavy atom. The van der Waals surface area contributed by atoms with Gasteiger partial charge >= 0.3 is 0 Å². The summed E-state index contributed by atoms with van der Waals surface area (Å²) in [5.74, 6) is -0.910. The van der Waals surface area contributed by atoms with Crippen LogP contribution in [0.25, 0.3) is 27.7 Å². The minimum absolute atomic E-state index is 0.00197. The molecule has 29 heavy (non-hydrogen) atoms. The van der Waals surface area contributed by atoms with E-state index < -0.39 is 11.6 Å². The van der Waals surface area contributed by atoms with Gasteiger partial charge in [-0.3, -0.25) is 9.36 Å². The number of fused-ring (bicyclic) bond motifs is 1. The van der Waals surface area contributed by atoms with Crippen LogP contribution in [0.15, 0.2) is 58.7 Å². The molecule has 2 aromatic carbocycles. The quantitative estimate of drug-likeness (QED) is 0.461. The minimum Gasteiger partial charge on any atom is -0.507 e. The average molecular weight is 424 g/mol. The Bertz CT molecular complexity index is 1380. The summed E-state index contributed by atoms with van der Waals surface area (Å²) in [5.41, 5.74) is 0.584. The van der Waals surface area contributed by atoms with Crippen molar-refractivity contribution in [3.8, 4) is 11.8 Å². The maximum absolute atomic E-state index is 13.7. The molecule has 0 amide bonds. The van der Waals surface area contributed by atoms with Gasteiger partial charge in [0, 0.05) is 11.6 Å². The van der Waals surface area contributed by atoms with Gasteiger partial charge in [-0.2, -0.15) is 5.26 Å². The molecule has 0 saturated carbocycles. The van der Waals surface area contributed by atoms with Crippen molar-refractivity contribution in [3.63, 3.8) is 0 Å².